The quantitative estimate of drug-likeness (QED) is 0.557. The predicted molar refractivity (Wildman–Crippen MR) is 145 cm³/mol. The monoisotopic (exact) mass is 490 g/mol. The van der Waals surface area contributed by atoms with E-state index >= 15 is 0 Å². The normalized spacial score (nSPS) is 17.5. The van der Waals surface area contributed by atoms with Gasteiger partial charge in [0.15, 0.2) is 5.17 Å². The topological polar surface area (TPSA) is 65.0 Å². The maximum atomic E-state index is 13.6. The molecular weight excluding hydrogens is 456 g/mol. The van der Waals surface area contributed by atoms with Crippen LogP contribution in [0.2, 0.25) is 0 Å². The number of fused-ring (bicyclic) bond motifs is 1. The Hall–Kier alpha value is -3.06. The summed E-state index contributed by atoms with van der Waals surface area (Å²) in [6.45, 7) is 10.2. The van der Waals surface area contributed by atoms with Gasteiger partial charge in [-0.15, -0.1) is 0 Å². The molecule has 0 bridgehead atoms. The van der Waals surface area contributed by atoms with Gasteiger partial charge in [-0.1, -0.05) is 43.0 Å². The van der Waals surface area contributed by atoms with Gasteiger partial charge in [-0.3, -0.25) is 9.59 Å². The minimum absolute atomic E-state index is 0.0290. The van der Waals surface area contributed by atoms with Crippen molar-refractivity contribution in [1.82, 2.24) is 9.80 Å². The number of aliphatic imine (C=N–C) groups is 1. The van der Waals surface area contributed by atoms with Crippen LogP contribution in [0.5, 0.6) is 0 Å². The van der Waals surface area contributed by atoms with E-state index in [0.717, 1.165) is 47.1 Å². The third-order valence-electron chi connectivity index (χ3n) is 6.62. The van der Waals surface area contributed by atoms with Crippen molar-refractivity contribution in [3.63, 3.8) is 0 Å². The molecular formula is C28H34N4O2S. The van der Waals surface area contributed by atoms with Crippen LogP contribution in [0.15, 0.2) is 64.8 Å². The number of amidine groups is 1. The summed E-state index contributed by atoms with van der Waals surface area (Å²) in [5.41, 5.74) is 5.02. The van der Waals surface area contributed by atoms with Crippen molar-refractivity contribution < 1.29 is 9.59 Å². The molecule has 2 aliphatic heterocycles. The minimum Gasteiger partial charge on any atom is -0.340 e. The zero-order valence-electron chi connectivity index (χ0n) is 21.0. The minimum atomic E-state index is -0.232. The lowest BCUT2D eigenvalue weighted by Gasteiger charge is -2.41. The van der Waals surface area contributed by atoms with Crippen molar-refractivity contribution in [2.75, 3.05) is 30.7 Å². The second-order valence-corrected chi connectivity index (χ2v) is 9.86. The van der Waals surface area contributed by atoms with Crippen molar-refractivity contribution in [1.29, 1.82) is 0 Å². The first-order chi connectivity index (χ1) is 17.0. The number of likely N-dealkylation sites (N-methyl/N-ethyl adjacent to an activating group) is 1. The average Bonchev–Trinajstić information content (AvgIpc) is 2.88. The Kier molecular flexibility index (Phi) is 7.96. The van der Waals surface area contributed by atoms with E-state index in [1.54, 1.807) is 11.8 Å². The number of hydrogen-bond acceptors (Lipinski definition) is 5. The molecule has 0 spiro atoms. The van der Waals surface area contributed by atoms with Gasteiger partial charge >= 0.3 is 0 Å². The molecule has 1 saturated heterocycles. The Labute approximate surface area is 212 Å². The number of amides is 2. The molecule has 2 aromatic carbocycles. The standard InChI is InChI=1S/C28H34N4O2S/c1-5-20-12-14-21(15-13-20)26(33)30-23-11-8-10-22(18-23)25-24(27(34)31(6-2)7-3)19(4)29-28-32(25)16-9-17-35-28/h8,10-15,18,25H,5-7,9,16-17H2,1-4H3,(H,30,33). The molecule has 2 aromatic rings. The number of benzene rings is 2. The van der Waals surface area contributed by atoms with Crippen molar-refractivity contribution in [3.8, 4) is 0 Å². The Morgan fingerprint density at radius 2 is 1.86 bits per heavy atom. The molecule has 184 valence electrons. The van der Waals surface area contributed by atoms with Gasteiger partial charge in [-0.25, -0.2) is 4.99 Å². The van der Waals surface area contributed by atoms with Crippen LogP contribution in [0.3, 0.4) is 0 Å². The Morgan fingerprint density at radius 3 is 2.54 bits per heavy atom. The zero-order valence-corrected chi connectivity index (χ0v) is 21.8. The number of allylic oxidation sites excluding steroid dienone is 1. The maximum Gasteiger partial charge on any atom is 0.255 e. The molecule has 35 heavy (non-hydrogen) atoms. The van der Waals surface area contributed by atoms with E-state index < -0.39 is 0 Å². The van der Waals surface area contributed by atoms with Gasteiger partial charge < -0.3 is 15.1 Å². The largest absolute Gasteiger partial charge is 0.340 e. The van der Waals surface area contributed by atoms with E-state index in [-0.39, 0.29) is 17.9 Å². The van der Waals surface area contributed by atoms with E-state index in [0.29, 0.717) is 24.3 Å². The summed E-state index contributed by atoms with van der Waals surface area (Å²) in [6.07, 6.45) is 1.98. The van der Waals surface area contributed by atoms with Gasteiger partial charge in [0.05, 0.1) is 17.3 Å². The molecule has 4 rings (SSSR count). The van der Waals surface area contributed by atoms with E-state index in [1.165, 1.54) is 5.56 Å². The molecule has 2 amide bonds. The first-order valence-electron chi connectivity index (χ1n) is 12.4. The SMILES string of the molecule is CCc1ccc(C(=O)Nc2cccc(C3C(C(=O)N(CC)CC)=C(C)N=C4SCCCN43)c2)cc1. The molecule has 0 radical (unpaired) electrons. The number of carbonyl (C=O) groups is 2. The molecule has 1 fully saturated rings. The molecule has 2 aliphatic rings. The van der Waals surface area contributed by atoms with Crippen LogP contribution in [0, 0.1) is 0 Å². The van der Waals surface area contributed by atoms with Gasteiger partial charge in [0.25, 0.3) is 11.8 Å². The van der Waals surface area contributed by atoms with Crippen molar-refractivity contribution >= 4 is 34.4 Å². The van der Waals surface area contributed by atoms with Gasteiger partial charge in [-0.2, -0.15) is 0 Å². The molecule has 0 aliphatic carbocycles. The lowest BCUT2D eigenvalue weighted by atomic mass is 9.92. The molecule has 2 heterocycles. The van der Waals surface area contributed by atoms with Crippen LogP contribution in [0.1, 0.15) is 61.6 Å². The summed E-state index contributed by atoms with van der Waals surface area (Å²) in [4.78, 5) is 35.5. The summed E-state index contributed by atoms with van der Waals surface area (Å²) >= 11 is 1.75. The number of aryl methyl sites for hydroxylation is 1. The fourth-order valence-electron chi connectivity index (χ4n) is 4.65. The van der Waals surface area contributed by atoms with Crippen molar-refractivity contribution in [3.05, 3.63) is 76.5 Å². The number of anilines is 1. The molecule has 0 aromatic heterocycles. The molecule has 1 unspecified atom stereocenters. The number of carbonyl (C=O) groups excluding carboxylic acids is 2. The lowest BCUT2D eigenvalue weighted by molar-refractivity contribution is -0.127. The van der Waals surface area contributed by atoms with Crippen LogP contribution in [0.25, 0.3) is 0 Å². The average molecular weight is 491 g/mol. The number of nitrogens with zero attached hydrogens (tertiary/aromatic N) is 3. The van der Waals surface area contributed by atoms with Crippen LogP contribution >= 0.6 is 11.8 Å². The lowest BCUT2D eigenvalue weighted by Crippen LogP contribution is -2.45. The van der Waals surface area contributed by atoms with E-state index in [9.17, 15) is 9.59 Å². The van der Waals surface area contributed by atoms with Gasteiger partial charge in [0.2, 0.25) is 0 Å². The van der Waals surface area contributed by atoms with Gasteiger partial charge in [0, 0.05) is 36.6 Å². The fraction of sp³-hybridized carbons (Fsp3) is 0.393. The maximum absolute atomic E-state index is 13.6. The Bertz CT molecular complexity index is 1150. The highest BCUT2D eigenvalue weighted by Crippen LogP contribution is 2.40. The highest BCUT2D eigenvalue weighted by Gasteiger charge is 2.38. The molecule has 1 atom stereocenters. The Morgan fingerprint density at radius 1 is 1.11 bits per heavy atom. The third kappa shape index (κ3) is 5.30. The van der Waals surface area contributed by atoms with Crippen LogP contribution in [0.4, 0.5) is 5.69 Å². The second-order valence-electron chi connectivity index (χ2n) is 8.80. The number of hydrogen-bond donors (Lipinski definition) is 1. The van der Waals surface area contributed by atoms with Gasteiger partial charge in [0.1, 0.15) is 0 Å². The predicted octanol–water partition coefficient (Wildman–Crippen LogP) is 5.49. The smallest absolute Gasteiger partial charge is 0.255 e. The van der Waals surface area contributed by atoms with Crippen molar-refractivity contribution in [2.45, 2.75) is 46.6 Å². The van der Waals surface area contributed by atoms with Gasteiger partial charge in [-0.05, 0) is 69.0 Å². The highest BCUT2D eigenvalue weighted by atomic mass is 32.2. The second kappa shape index (κ2) is 11.1. The van der Waals surface area contributed by atoms with E-state index in [1.807, 2.05) is 74.2 Å². The van der Waals surface area contributed by atoms with Crippen molar-refractivity contribution in [2.24, 2.45) is 4.99 Å². The summed E-state index contributed by atoms with van der Waals surface area (Å²) in [7, 11) is 0. The third-order valence-corrected chi connectivity index (χ3v) is 7.70. The van der Waals surface area contributed by atoms with Crippen LogP contribution in [-0.4, -0.2) is 52.2 Å². The zero-order chi connectivity index (χ0) is 24.9. The summed E-state index contributed by atoms with van der Waals surface area (Å²) in [5, 5.41) is 4.02. The molecule has 6 nitrogen and oxygen atoms in total. The first-order valence-corrected chi connectivity index (χ1v) is 13.4. The number of thioether (sulfide) groups is 1. The molecule has 0 saturated carbocycles. The summed E-state index contributed by atoms with van der Waals surface area (Å²) < 4.78 is 0. The number of nitrogens with one attached hydrogen (secondary N) is 1. The Balaban J connectivity index is 1.68. The highest BCUT2D eigenvalue weighted by molar-refractivity contribution is 8.13. The first kappa shape index (κ1) is 25.0. The van der Waals surface area contributed by atoms with Crippen LogP contribution < -0.4 is 5.32 Å². The van der Waals surface area contributed by atoms with E-state index in [2.05, 4.69) is 17.1 Å². The van der Waals surface area contributed by atoms with E-state index in [4.69, 9.17) is 4.99 Å². The number of rotatable bonds is 7. The summed E-state index contributed by atoms with van der Waals surface area (Å²) in [6, 6.07) is 15.3. The fourth-order valence-corrected chi connectivity index (χ4v) is 5.67. The summed E-state index contributed by atoms with van der Waals surface area (Å²) in [5.74, 6) is 0.915. The molecule has 7 heteroatoms. The van der Waals surface area contributed by atoms with Crippen LogP contribution in [-0.2, 0) is 11.2 Å². The molecule has 1 N–H and O–H groups in total.